The lowest BCUT2D eigenvalue weighted by Crippen LogP contribution is -2.33. The van der Waals surface area contributed by atoms with Crippen LogP contribution in [0.25, 0.3) is 18.2 Å². The van der Waals surface area contributed by atoms with Crippen LogP contribution in [0.15, 0.2) is 82.5 Å². The third-order valence-electron chi connectivity index (χ3n) is 12.1. The number of aliphatic hydroxyl groups excluding tert-OH is 1. The topological polar surface area (TPSA) is 425 Å². The summed E-state index contributed by atoms with van der Waals surface area (Å²) in [6.45, 7) is 10.1. The Hall–Kier alpha value is -7.42. The maximum absolute atomic E-state index is 13.9. The van der Waals surface area contributed by atoms with Crippen LogP contribution in [0.1, 0.15) is 92.3 Å². The van der Waals surface area contributed by atoms with Crippen molar-refractivity contribution in [1.82, 2.24) is 20.2 Å². The van der Waals surface area contributed by atoms with E-state index in [1.807, 2.05) is 44.0 Å². The number of ether oxygens (including phenoxy) is 3. The van der Waals surface area contributed by atoms with E-state index >= 15 is 0 Å². The van der Waals surface area contributed by atoms with Crippen LogP contribution >= 0.6 is 23.5 Å². The van der Waals surface area contributed by atoms with Crippen molar-refractivity contribution in [3.8, 4) is 11.5 Å². The smallest absolute Gasteiger partial charge is 0.407 e. The first kappa shape index (κ1) is 59.2. The van der Waals surface area contributed by atoms with E-state index in [2.05, 4.69) is 35.7 Å². The van der Waals surface area contributed by atoms with Crippen molar-refractivity contribution in [2.45, 2.75) is 65.2 Å². The normalized spacial score (nSPS) is 18.4. The number of rotatable bonds is 21. The third kappa shape index (κ3) is 14.4. The number of carboxylic acid groups (broad SMARTS) is 1. The van der Waals surface area contributed by atoms with Crippen LogP contribution in [-0.2, 0) is 42.9 Å². The molecule has 7 rings (SSSR count). The van der Waals surface area contributed by atoms with Gasteiger partial charge in [-0.15, -0.1) is 0 Å². The maximum Gasteiger partial charge on any atom is 0.407 e. The zero-order chi connectivity index (χ0) is 57.9. The van der Waals surface area contributed by atoms with E-state index in [1.54, 1.807) is 6.07 Å². The van der Waals surface area contributed by atoms with E-state index in [0.717, 1.165) is 39.7 Å². The van der Waals surface area contributed by atoms with Crippen molar-refractivity contribution in [1.29, 1.82) is 0 Å². The number of carbonyl (C=O) groups is 3. The molecule has 2 aliphatic rings. The van der Waals surface area contributed by atoms with Gasteiger partial charge in [0.1, 0.15) is 29.9 Å². The molecule has 0 saturated carbocycles. The quantitative estimate of drug-likeness (QED) is 0.0334. The number of nitrogens with zero attached hydrogens (tertiary/aromatic N) is 2. The second kappa shape index (κ2) is 23.9. The van der Waals surface area contributed by atoms with Crippen LogP contribution < -0.4 is 62.2 Å². The van der Waals surface area contributed by atoms with Gasteiger partial charge in [0, 0.05) is 77.6 Å². The highest BCUT2D eigenvalue weighted by atomic mass is 31.3. The molecule has 7 atom stereocenters. The van der Waals surface area contributed by atoms with Crippen LogP contribution in [0, 0.1) is 24.0 Å². The number of alkyl carbamates (subject to hydrolysis) is 1. The number of aryl methyl sites for hydroxylation is 2. The number of aromatic carboxylic acids is 1. The molecule has 0 spiro atoms. The van der Waals surface area contributed by atoms with Crippen molar-refractivity contribution in [2.75, 3.05) is 25.0 Å². The summed E-state index contributed by atoms with van der Waals surface area (Å²) in [6.07, 6.45) is -3.86. The van der Waals surface area contributed by atoms with Gasteiger partial charge in [0.15, 0.2) is 0 Å². The van der Waals surface area contributed by atoms with Crippen LogP contribution in [0.4, 0.5) is 16.2 Å². The van der Waals surface area contributed by atoms with E-state index in [0.29, 0.717) is 45.2 Å². The number of fused-ring (bicyclic) bond motifs is 2. The molecule has 2 aliphatic heterocycles. The molecule has 0 bridgehead atoms. The number of aromatic amines is 1. The number of aromatic nitrogens is 2. The fourth-order valence-electron chi connectivity index (χ4n) is 8.39. The SMILES string of the molecule is C=c1cc2c(cc1C)=C(c1cc(C(=O)NCc3ccc([N+](=O)[O-])c(C(C)OC(=O)NC/C=C/c4cn([C@H]5CC(O)[C@@H](COP(=O)([O-])OP(=O)([O-])OP(=O)([O-])O)O5)c(=O)[nH]c4=O)c3)ccc1C(=O)[O-])c1cc(C)c(NCC)cc1O2. The van der Waals surface area contributed by atoms with Crippen molar-refractivity contribution in [3.05, 3.63) is 164 Å². The standard InChI is InChI=1S/C48H51N6O22P3/c1-6-49-36-19-40-35(15-26(36)4)43(34-14-24(2)25(3)16-39(34)73-40)33-18-29(10-11-31(33)46(58)59)44(56)51-21-28-9-12-37(54(62)63)32(17-28)27(5)72-48(61)50-13-7-8-30-22-53(47(60)52-45(30)57)42-20-38(55)41(74-42)23-71-78(67,68)76-79(69,70)75-77(64,65)66/h7-12,14-19,22,27,38,41-42,49,55H,3,6,13,20-21,23H2,1-2,4-5H3,(H,50,61)(H,51,56)(H,58,59)(H,67,68)(H,69,70)(H,52,57,60)(H2,64,65,66)/p-4/b8-7+/t27?,38?,41-,42-/m1/s1. The lowest BCUT2D eigenvalue weighted by Gasteiger charge is -2.33. The van der Waals surface area contributed by atoms with Gasteiger partial charge >= 0.3 is 11.8 Å². The number of H-pyrrole nitrogens is 1. The number of nitro benzene ring substituents is 1. The summed E-state index contributed by atoms with van der Waals surface area (Å²) in [5.74, 6) is -1.27. The molecule has 420 valence electrons. The second-order valence-electron chi connectivity index (χ2n) is 17.7. The minimum atomic E-state index is -6.21. The number of hydrogen-bond acceptors (Lipinski definition) is 22. The maximum atomic E-state index is 13.9. The Labute approximate surface area is 446 Å². The third-order valence-corrected chi connectivity index (χ3v) is 15.8. The second-order valence-corrected chi connectivity index (χ2v) is 22.0. The summed E-state index contributed by atoms with van der Waals surface area (Å²) in [6, 6.07) is 15.2. The van der Waals surface area contributed by atoms with E-state index in [-0.39, 0.29) is 40.9 Å². The first-order valence-corrected chi connectivity index (χ1v) is 27.8. The number of carboxylic acids is 1. The van der Waals surface area contributed by atoms with E-state index in [9.17, 15) is 72.7 Å². The number of amides is 2. The minimum Gasteiger partial charge on any atom is -0.756 e. The van der Waals surface area contributed by atoms with Crippen LogP contribution in [0.5, 0.6) is 11.5 Å². The number of phosphoric acid groups is 3. The fourth-order valence-corrected chi connectivity index (χ4v) is 11.3. The van der Waals surface area contributed by atoms with Gasteiger partial charge in [-0.25, -0.2) is 18.2 Å². The summed E-state index contributed by atoms with van der Waals surface area (Å²) in [5.41, 5.74) is 1.23. The summed E-state index contributed by atoms with van der Waals surface area (Å²) >= 11 is 0. The lowest BCUT2D eigenvalue weighted by atomic mass is 9.87. The molecular weight excluding hydrogens is 1110 g/mol. The molecule has 5 aromatic rings. The number of nitro groups is 1. The summed E-state index contributed by atoms with van der Waals surface area (Å²) in [7, 11) is -18.1. The van der Waals surface area contributed by atoms with Gasteiger partial charge in [-0.05, 0) is 91.6 Å². The largest absolute Gasteiger partial charge is 0.756 e. The molecule has 0 radical (unpaired) electrons. The number of phosphoric ester groups is 1. The van der Waals surface area contributed by atoms with Gasteiger partial charge < -0.3 is 69.3 Å². The van der Waals surface area contributed by atoms with Crippen molar-refractivity contribution in [2.24, 2.45) is 0 Å². The van der Waals surface area contributed by atoms with Gasteiger partial charge in [-0.3, -0.25) is 42.9 Å². The van der Waals surface area contributed by atoms with Crippen LogP contribution in [0.3, 0.4) is 0 Å². The zero-order valence-electron chi connectivity index (χ0n) is 41.9. The predicted octanol–water partition coefficient (Wildman–Crippen LogP) is 1.15. The Morgan fingerprint density at radius 1 is 0.975 bits per heavy atom. The number of carbonyl (C=O) groups excluding carboxylic acids is 3. The monoisotopic (exact) mass is 1150 g/mol. The molecule has 31 heteroatoms. The highest BCUT2D eigenvalue weighted by molar-refractivity contribution is 7.65. The molecular formula is C48H47N6O22P3-4. The number of hydrogen-bond donors (Lipinski definition) is 6. The predicted molar refractivity (Wildman–Crippen MR) is 269 cm³/mol. The number of aliphatic hydroxyl groups is 1. The Bertz CT molecular complexity index is 3710. The first-order valence-electron chi connectivity index (χ1n) is 23.4. The number of benzene rings is 4. The summed E-state index contributed by atoms with van der Waals surface area (Å²) in [4.78, 5) is 121. The Morgan fingerprint density at radius 3 is 2.39 bits per heavy atom. The Balaban J connectivity index is 1.00. The molecule has 2 amide bonds. The highest BCUT2D eigenvalue weighted by Crippen LogP contribution is 2.61. The average molecular weight is 1150 g/mol. The Kier molecular flexibility index (Phi) is 17.9. The van der Waals surface area contributed by atoms with E-state index < -0.39 is 101 Å². The fraction of sp³-hybridized carbons (Fsp3) is 0.271. The number of nitrogens with one attached hydrogen (secondary N) is 4. The molecule has 1 aromatic heterocycles. The molecule has 79 heavy (non-hydrogen) atoms. The summed E-state index contributed by atoms with van der Waals surface area (Å²) < 4.78 is 63.2. The molecule has 0 aliphatic carbocycles. The van der Waals surface area contributed by atoms with Gasteiger partial charge in [0.2, 0.25) is 0 Å². The van der Waals surface area contributed by atoms with E-state index in [1.165, 1.54) is 43.3 Å². The molecule has 1 fully saturated rings. The molecule has 28 nitrogen and oxygen atoms in total. The van der Waals surface area contributed by atoms with Crippen LogP contribution in [-0.4, -0.2) is 74.3 Å². The minimum absolute atomic E-state index is 0.0550. The van der Waals surface area contributed by atoms with Gasteiger partial charge in [0.25, 0.3) is 40.6 Å². The molecule has 1 saturated heterocycles. The van der Waals surface area contributed by atoms with E-state index in [4.69, 9.17) is 19.1 Å². The Morgan fingerprint density at radius 2 is 1.71 bits per heavy atom. The van der Waals surface area contributed by atoms with Crippen molar-refractivity contribution >= 4 is 71.0 Å². The summed E-state index contributed by atoms with van der Waals surface area (Å²) in [5, 5.41) is 44.9. The first-order chi connectivity index (χ1) is 37.0. The van der Waals surface area contributed by atoms with Gasteiger partial charge in [-0.1, -0.05) is 30.9 Å². The molecule has 6 N–H and O–H groups in total. The molecule has 3 heterocycles. The average Bonchev–Trinajstić information content (AvgIpc) is 3.86. The number of anilines is 1. The van der Waals surface area contributed by atoms with Gasteiger partial charge in [0.05, 0.1) is 34.7 Å². The highest BCUT2D eigenvalue weighted by Gasteiger charge is 2.37. The molecule has 4 aromatic carbocycles. The van der Waals surface area contributed by atoms with Gasteiger partial charge in [-0.2, -0.15) is 0 Å². The zero-order valence-corrected chi connectivity index (χ0v) is 44.5. The van der Waals surface area contributed by atoms with Crippen molar-refractivity contribution in [3.63, 3.8) is 0 Å². The van der Waals surface area contributed by atoms with Crippen LogP contribution in [0.2, 0.25) is 0 Å². The van der Waals surface area contributed by atoms with Crippen molar-refractivity contribution < 1.29 is 90.1 Å². The molecule has 5 unspecified atom stereocenters. The lowest BCUT2D eigenvalue weighted by molar-refractivity contribution is -0.386.